The van der Waals surface area contributed by atoms with E-state index in [1.807, 2.05) is 0 Å². The first-order valence-electron chi connectivity index (χ1n) is 0.928. The van der Waals surface area contributed by atoms with Gasteiger partial charge in [-0.25, -0.2) is 0 Å². The Morgan fingerprint density at radius 3 is 1.11 bits per heavy atom. The molecule has 0 saturated carbocycles. The van der Waals surface area contributed by atoms with Crippen LogP contribution >= 0.6 is 0 Å². The number of hydrogen-bond donors (Lipinski definition) is 1. The second-order valence-corrected chi connectivity index (χ2v) is 0.519. The van der Waals surface area contributed by atoms with Gasteiger partial charge in [0.25, 0.3) is 5.97 Å². The predicted octanol–water partition coefficient (Wildman–Crippen LogP) is -14.3. The number of rotatable bonds is 0. The summed E-state index contributed by atoms with van der Waals surface area (Å²) in [7, 11) is 0. The fourth-order valence-electron chi connectivity index (χ4n) is 0. The van der Waals surface area contributed by atoms with Crippen LogP contribution in [-0.4, -0.2) is 11.1 Å². The van der Waals surface area contributed by atoms with E-state index in [0.717, 1.165) is 6.92 Å². The molecule has 0 aliphatic carbocycles. The van der Waals surface area contributed by atoms with E-state index in [4.69, 9.17) is 9.90 Å². The van der Waals surface area contributed by atoms with Gasteiger partial charge in [0, 0.05) is 6.92 Å². The van der Waals surface area contributed by atoms with Crippen molar-refractivity contribution in [2.24, 2.45) is 0 Å². The van der Waals surface area contributed by atoms with Crippen molar-refractivity contribution in [3.63, 3.8) is 0 Å². The first kappa shape index (κ1) is 36.0. The molecule has 0 aliphatic rings. The molecule has 2 nitrogen and oxygen atoms in total. The molecular formula is C2H9K5O2. The van der Waals surface area contributed by atoms with Crippen molar-refractivity contribution in [3.05, 3.63) is 0 Å². The molecule has 0 radical (unpaired) electrons. The first-order chi connectivity index (χ1) is 1.73. The third-order valence-corrected chi connectivity index (χ3v) is 0. The van der Waals surface area contributed by atoms with Gasteiger partial charge in [-0.15, -0.1) is 0 Å². The summed E-state index contributed by atoms with van der Waals surface area (Å²) in [5.41, 5.74) is 0. The monoisotopic (exact) mass is 260 g/mol. The SMILES string of the molecule is CC(=O)O.[H-].[H-].[H-].[H-].[H-].[K+].[K+].[K+].[K+].[K+]. The van der Waals surface area contributed by atoms with Gasteiger partial charge in [0.2, 0.25) is 0 Å². The van der Waals surface area contributed by atoms with Gasteiger partial charge in [-0.3, -0.25) is 4.79 Å². The summed E-state index contributed by atoms with van der Waals surface area (Å²) in [4.78, 5) is 9.00. The van der Waals surface area contributed by atoms with E-state index in [0.29, 0.717) is 0 Å². The second kappa shape index (κ2) is 29.6. The number of carboxylic acid groups (broad SMARTS) is 1. The molecule has 0 amide bonds. The molecule has 0 fully saturated rings. The minimum absolute atomic E-state index is 0. The molecule has 9 heavy (non-hydrogen) atoms. The molecule has 0 aliphatic heterocycles. The minimum atomic E-state index is -0.833. The first-order valence-corrected chi connectivity index (χ1v) is 0.928. The molecule has 0 heterocycles. The summed E-state index contributed by atoms with van der Waals surface area (Å²) < 4.78 is 0. The standard InChI is InChI=1S/C2H4O2.5K.5H/c1-2(3)4;;;;;;;;;;/h1H3,(H,3,4);;;;;;;;;;/q;5*+1;5*-1. The average Bonchev–Trinajstić information content (AvgIpc) is 0.811. The van der Waals surface area contributed by atoms with Crippen LogP contribution in [0.3, 0.4) is 0 Å². The predicted molar refractivity (Wildman–Crippen MR) is 18.9 cm³/mol. The third-order valence-electron chi connectivity index (χ3n) is 0. The van der Waals surface area contributed by atoms with Gasteiger partial charge in [0.1, 0.15) is 0 Å². The minimum Gasteiger partial charge on any atom is -1.00 e. The van der Waals surface area contributed by atoms with Crippen LogP contribution < -0.4 is 257 Å². The Morgan fingerprint density at radius 2 is 1.11 bits per heavy atom. The van der Waals surface area contributed by atoms with Crippen LogP contribution in [0.1, 0.15) is 14.1 Å². The van der Waals surface area contributed by atoms with Gasteiger partial charge in [0.05, 0.1) is 0 Å². The molecule has 0 spiro atoms. The number of aliphatic carboxylic acids is 1. The van der Waals surface area contributed by atoms with Crippen LogP contribution in [0.2, 0.25) is 0 Å². The summed E-state index contributed by atoms with van der Waals surface area (Å²) in [5.74, 6) is -0.833. The Morgan fingerprint density at radius 1 is 1.11 bits per heavy atom. The van der Waals surface area contributed by atoms with Crippen molar-refractivity contribution in [1.82, 2.24) is 0 Å². The summed E-state index contributed by atoms with van der Waals surface area (Å²) in [6, 6.07) is 0. The largest absolute Gasteiger partial charge is 1.00 e. The van der Waals surface area contributed by atoms with E-state index in [-0.39, 0.29) is 264 Å². The zero-order chi connectivity index (χ0) is 3.58. The normalized spacial score (nSPS) is 2.78. The molecular weight excluding hydrogens is 252 g/mol. The van der Waals surface area contributed by atoms with Crippen LogP contribution in [0.15, 0.2) is 0 Å². The van der Waals surface area contributed by atoms with Gasteiger partial charge in [-0.1, -0.05) is 0 Å². The van der Waals surface area contributed by atoms with Crippen molar-refractivity contribution in [2.75, 3.05) is 0 Å². The maximum absolute atomic E-state index is 9.00. The molecule has 0 bridgehead atoms. The van der Waals surface area contributed by atoms with Crippen LogP contribution in [0.4, 0.5) is 0 Å². The molecule has 0 saturated heterocycles. The molecule has 1 N–H and O–H groups in total. The molecule has 0 aromatic rings. The fourth-order valence-corrected chi connectivity index (χ4v) is 0. The maximum atomic E-state index is 9.00. The Bertz CT molecular complexity index is 49.1. The van der Waals surface area contributed by atoms with Gasteiger partial charge >= 0.3 is 257 Å². The smallest absolute Gasteiger partial charge is 1.00 e. The van der Waals surface area contributed by atoms with Crippen LogP contribution in [0.5, 0.6) is 0 Å². The average molecular weight is 261 g/mol. The van der Waals surface area contributed by atoms with E-state index >= 15 is 0 Å². The maximum Gasteiger partial charge on any atom is 1.00 e. The number of hydrogen-bond acceptors (Lipinski definition) is 1. The fraction of sp³-hybridized carbons (Fsp3) is 0.500. The molecule has 7 heteroatoms. The van der Waals surface area contributed by atoms with Crippen LogP contribution in [0.25, 0.3) is 0 Å². The van der Waals surface area contributed by atoms with Crippen molar-refractivity contribution in [2.45, 2.75) is 6.92 Å². The van der Waals surface area contributed by atoms with Crippen molar-refractivity contribution < 1.29 is 274 Å². The van der Waals surface area contributed by atoms with Gasteiger partial charge in [-0.2, -0.15) is 0 Å². The van der Waals surface area contributed by atoms with Crippen molar-refractivity contribution >= 4 is 5.97 Å². The number of carboxylic acids is 1. The van der Waals surface area contributed by atoms with E-state index in [9.17, 15) is 0 Å². The third kappa shape index (κ3) is 49.8. The van der Waals surface area contributed by atoms with Crippen molar-refractivity contribution in [1.29, 1.82) is 0 Å². The zero-order valence-electron chi connectivity index (χ0n) is 12.4. The van der Waals surface area contributed by atoms with E-state index < -0.39 is 5.97 Å². The summed E-state index contributed by atoms with van der Waals surface area (Å²) in [6.45, 7) is 1.08. The topological polar surface area (TPSA) is 37.3 Å². The molecule has 0 unspecified atom stereocenters. The van der Waals surface area contributed by atoms with Gasteiger partial charge < -0.3 is 12.2 Å². The Kier molecular flexibility index (Phi) is 118. The van der Waals surface area contributed by atoms with Crippen LogP contribution in [0, 0.1) is 0 Å². The Balaban J connectivity index is -0.000000001000. The van der Waals surface area contributed by atoms with Gasteiger partial charge in [0.15, 0.2) is 0 Å². The van der Waals surface area contributed by atoms with Crippen LogP contribution in [-0.2, 0) is 4.79 Å². The summed E-state index contributed by atoms with van der Waals surface area (Å²) >= 11 is 0. The second-order valence-electron chi connectivity index (χ2n) is 0.519. The van der Waals surface area contributed by atoms with Gasteiger partial charge in [-0.05, 0) is 0 Å². The van der Waals surface area contributed by atoms with Crippen molar-refractivity contribution in [3.8, 4) is 0 Å². The Labute approximate surface area is 276 Å². The van der Waals surface area contributed by atoms with E-state index in [1.54, 1.807) is 0 Å². The molecule has 0 atom stereocenters. The van der Waals surface area contributed by atoms with E-state index in [1.165, 1.54) is 0 Å². The summed E-state index contributed by atoms with van der Waals surface area (Å²) in [5, 5.41) is 7.42. The molecule has 0 aromatic carbocycles. The molecule has 0 aromatic heterocycles. The molecule has 34 valence electrons. The Hall–Kier alpha value is 7.65. The molecule has 0 rings (SSSR count). The number of carbonyl (C=O) groups is 1. The quantitative estimate of drug-likeness (QED) is 0.439. The van der Waals surface area contributed by atoms with E-state index in [2.05, 4.69) is 0 Å². The zero-order valence-corrected chi connectivity index (χ0v) is 23.0. The summed E-state index contributed by atoms with van der Waals surface area (Å²) in [6.07, 6.45) is 0.